The lowest BCUT2D eigenvalue weighted by Crippen LogP contribution is -2.59. The van der Waals surface area contributed by atoms with Crippen LogP contribution in [0.4, 0.5) is 5.82 Å². The monoisotopic (exact) mass is 261 g/mol. The molecule has 2 unspecified atom stereocenters. The lowest BCUT2D eigenvalue weighted by atomic mass is 9.97. The minimum Gasteiger partial charge on any atom is -0.392 e. The highest BCUT2D eigenvalue weighted by Gasteiger charge is 2.34. The van der Waals surface area contributed by atoms with Crippen molar-refractivity contribution in [3.8, 4) is 0 Å². The molecule has 0 spiro atoms. The molecule has 1 N–H and O–H groups in total. The summed E-state index contributed by atoms with van der Waals surface area (Å²) in [6, 6.07) is 5.01. The standard InChI is InChI=1S/C15H23N3O/c1-12-9-17-8-3-2-6-14(17)10-18(12)15-13(11-19)5-4-7-16-15/h4-5,7,12,14,19H,2-3,6,8-11H2,1H3. The summed E-state index contributed by atoms with van der Waals surface area (Å²) in [6.45, 7) is 5.75. The number of aliphatic hydroxyl groups excluding tert-OH is 1. The van der Waals surface area contributed by atoms with Crippen molar-refractivity contribution in [3.63, 3.8) is 0 Å². The van der Waals surface area contributed by atoms with Crippen molar-refractivity contribution in [2.24, 2.45) is 0 Å². The molecular formula is C15H23N3O. The van der Waals surface area contributed by atoms with Crippen molar-refractivity contribution >= 4 is 5.82 Å². The predicted molar refractivity (Wildman–Crippen MR) is 76.2 cm³/mol. The van der Waals surface area contributed by atoms with E-state index in [0.29, 0.717) is 12.1 Å². The lowest BCUT2D eigenvalue weighted by molar-refractivity contribution is 0.115. The average Bonchev–Trinajstić information content (AvgIpc) is 2.46. The molecule has 2 saturated heterocycles. The van der Waals surface area contributed by atoms with Crippen molar-refractivity contribution in [2.45, 2.75) is 44.9 Å². The number of rotatable bonds is 2. The molecule has 4 heteroatoms. The largest absolute Gasteiger partial charge is 0.392 e. The molecule has 0 bridgehead atoms. The minimum absolute atomic E-state index is 0.0702. The number of pyridine rings is 1. The Kier molecular flexibility index (Phi) is 3.71. The number of anilines is 1. The summed E-state index contributed by atoms with van der Waals surface area (Å²) in [6.07, 6.45) is 5.81. The SMILES string of the molecule is CC1CN2CCCCC2CN1c1ncccc1CO. The third kappa shape index (κ3) is 2.47. The van der Waals surface area contributed by atoms with Crippen molar-refractivity contribution in [3.05, 3.63) is 23.9 Å². The van der Waals surface area contributed by atoms with Crippen molar-refractivity contribution in [2.75, 3.05) is 24.5 Å². The van der Waals surface area contributed by atoms with Crippen LogP contribution in [0.5, 0.6) is 0 Å². The number of hydrogen-bond donors (Lipinski definition) is 1. The molecule has 19 heavy (non-hydrogen) atoms. The van der Waals surface area contributed by atoms with Crippen LogP contribution in [0, 0.1) is 0 Å². The first kappa shape index (κ1) is 12.9. The van der Waals surface area contributed by atoms with Gasteiger partial charge in [0, 0.05) is 36.9 Å². The van der Waals surface area contributed by atoms with Crippen molar-refractivity contribution < 1.29 is 5.11 Å². The third-order valence-corrected chi connectivity index (χ3v) is 4.50. The van der Waals surface area contributed by atoms with Gasteiger partial charge in [-0.1, -0.05) is 12.5 Å². The van der Waals surface area contributed by atoms with Gasteiger partial charge < -0.3 is 10.0 Å². The molecule has 1 aromatic heterocycles. The molecular weight excluding hydrogens is 238 g/mol. The Hall–Kier alpha value is -1.13. The smallest absolute Gasteiger partial charge is 0.134 e. The molecule has 0 radical (unpaired) electrons. The quantitative estimate of drug-likeness (QED) is 0.878. The molecule has 0 aliphatic carbocycles. The van der Waals surface area contributed by atoms with Gasteiger partial charge in [-0.3, -0.25) is 4.90 Å². The summed E-state index contributed by atoms with van der Waals surface area (Å²) < 4.78 is 0. The summed E-state index contributed by atoms with van der Waals surface area (Å²) in [7, 11) is 0. The van der Waals surface area contributed by atoms with Crippen molar-refractivity contribution in [1.82, 2.24) is 9.88 Å². The van der Waals surface area contributed by atoms with Gasteiger partial charge in [-0.05, 0) is 32.4 Å². The first-order valence-corrected chi connectivity index (χ1v) is 7.35. The van der Waals surface area contributed by atoms with Gasteiger partial charge in [0.05, 0.1) is 6.61 Å². The fourth-order valence-electron chi connectivity index (χ4n) is 3.46. The van der Waals surface area contributed by atoms with Crippen LogP contribution in [0.15, 0.2) is 18.3 Å². The van der Waals surface area contributed by atoms with Gasteiger partial charge in [0.15, 0.2) is 0 Å². The topological polar surface area (TPSA) is 39.6 Å². The first-order valence-electron chi connectivity index (χ1n) is 7.35. The van der Waals surface area contributed by atoms with Gasteiger partial charge in [-0.15, -0.1) is 0 Å². The van der Waals surface area contributed by atoms with E-state index in [9.17, 15) is 5.11 Å². The van der Waals surface area contributed by atoms with Crippen LogP contribution in [-0.4, -0.2) is 46.7 Å². The van der Waals surface area contributed by atoms with E-state index in [-0.39, 0.29) is 6.61 Å². The van der Waals surface area contributed by atoms with E-state index in [4.69, 9.17) is 0 Å². The number of fused-ring (bicyclic) bond motifs is 1. The van der Waals surface area contributed by atoms with Crippen LogP contribution in [0.2, 0.25) is 0 Å². The molecule has 4 nitrogen and oxygen atoms in total. The van der Waals surface area contributed by atoms with Crippen LogP contribution in [0.25, 0.3) is 0 Å². The second-order valence-corrected chi connectivity index (χ2v) is 5.79. The Morgan fingerprint density at radius 3 is 3.11 bits per heavy atom. The highest BCUT2D eigenvalue weighted by Crippen LogP contribution is 2.28. The van der Waals surface area contributed by atoms with Gasteiger partial charge >= 0.3 is 0 Å². The number of piperazine rings is 1. The Morgan fingerprint density at radius 2 is 2.26 bits per heavy atom. The maximum Gasteiger partial charge on any atom is 0.134 e. The zero-order chi connectivity index (χ0) is 13.2. The number of hydrogen-bond acceptors (Lipinski definition) is 4. The lowest BCUT2D eigenvalue weighted by Gasteiger charge is -2.48. The number of piperidine rings is 1. The average molecular weight is 261 g/mol. The Labute approximate surface area is 115 Å². The number of nitrogens with zero attached hydrogens (tertiary/aromatic N) is 3. The molecule has 2 atom stereocenters. The van der Waals surface area contributed by atoms with Crippen LogP contribution >= 0.6 is 0 Å². The second kappa shape index (κ2) is 5.47. The maximum absolute atomic E-state index is 9.49. The highest BCUT2D eigenvalue weighted by molar-refractivity contribution is 5.48. The predicted octanol–water partition coefficient (Wildman–Crippen LogP) is 1.64. The maximum atomic E-state index is 9.49. The van der Waals surface area contributed by atoms with Crippen LogP contribution in [0.3, 0.4) is 0 Å². The van der Waals surface area contributed by atoms with Crippen LogP contribution < -0.4 is 4.90 Å². The molecule has 0 amide bonds. The van der Waals surface area contributed by atoms with Gasteiger partial charge in [0.1, 0.15) is 5.82 Å². The Morgan fingerprint density at radius 1 is 1.37 bits per heavy atom. The van der Waals surface area contributed by atoms with E-state index in [0.717, 1.165) is 24.5 Å². The van der Waals surface area contributed by atoms with E-state index >= 15 is 0 Å². The fraction of sp³-hybridized carbons (Fsp3) is 0.667. The number of aromatic nitrogens is 1. The minimum atomic E-state index is 0.0702. The molecule has 2 aliphatic heterocycles. The summed E-state index contributed by atoms with van der Waals surface area (Å²) in [4.78, 5) is 9.53. The molecule has 2 aliphatic rings. The van der Waals surface area contributed by atoms with E-state index in [2.05, 4.69) is 21.7 Å². The van der Waals surface area contributed by atoms with Crippen molar-refractivity contribution in [1.29, 1.82) is 0 Å². The summed E-state index contributed by atoms with van der Waals surface area (Å²) in [5, 5.41) is 9.49. The fourth-order valence-corrected chi connectivity index (χ4v) is 3.46. The van der Waals surface area contributed by atoms with E-state index in [1.165, 1.54) is 25.8 Å². The van der Waals surface area contributed by atoms with Gasteiger partial charge in [0.25, 0.3) is 0 Å². The van der Waals surface area contributed by atoms with Gasteiger partial charge in [-0.2, -0.15) is 0 Å². The third-order valence-electron chi connectivity index (χ3n) is 4.50. The Bertz CT molecular complexity index is 437. The molecule has 104 valence electrons. The van der Waals surface area contributed by atoms with Crippen LogP contribution in [-0.2, 0) is 6.61 Å². The van der Waals surface area contributed by atoms with E-state index < -0.39 is 0 Å². The summed E-state index contributed by atoms with van der Waals surface area (Å²) >= 11 is 0. The van der Waals surface area contributed by atoms with Crippen LogP contribution in [0.1, 0.15) is 31.7 Å². The van der Waals surface area contributed by atoms with Gasteiger partial charge in [-0.25, -0.2) is 4.98 Å². The van der Waals surface area contributed by atoms with E-state index in [1.54, 1.807) is 0 Å². The molecule has 3 heterocycles. The zero-order valence-electron chi connectivity index (χ0n) is 11.6. The van der Waals surface area contributed by atoms with E-state index in [1.807, 2.05) is 18.3 Å². The zero-order valence-corrected chi connectivity index (χ0v) is 11.6. The Balaban J connectivity index is 1.83. The number of aliphatic hydroxyl groups is 1. The molecule has 2 fully saturated rings. The summed E-state index contributed by atoms with van der Waals surface area (Å²) in [5.41, 5.74) is 0.943. The molecule has 3 rings (SSSR count). The van der Waals surface area contributed by atoms with Gasteiger partial charge in [0.2, 0.25) is 0 Å². The summed E-state index contributed by atoms with van der Waals surface area (Å²) in [5.74, 6) is 0.975. The normalized spacial score (nSPS) is 28.2. The first-order chi connectivity index (χ1) is 9.29. The highest BCUT2D eigenvalue weighted by atomic mass is 16.3. The molecule has 0 saturated carbocycles. The molecule has 1 aromatic rings. The molecule has 0 aromatic carbocycles. The second-order valence-electron chi connectivity index (χ2n) is 5.79.